The maximum absolute atomic E-state index is 12.6. The summed E-state index contributed by atoms with van der Waals surface area (Å²) in [5.74, 6) is 1.74. The molecule has 6 nitrogen and oxygen atoms in total. The molecule has 3 aromatic carbocycles. The van der Waals surface area contributed by atoms with Crippen LogP contribution in [-0.4, -0.2) is 53.1 Å². The van der Waals surface area contributed by atoms with Gasteiger partial charge in [-0.3, -0.25) is 9.29 Å². The number of rotatable bonds is 8. The van der Waals surface area contributed by atoms with Crippen LogP contribution in [-0.2, 0) is 6.61 Å². The fraction of sp³-hybridized carbons (Fsp3) is 0.310. The van der Waals surface area contributed by atoms with Crippen molar-refractivity contribution in [2.45, 2.75) is 19.6 Å². The number of hydrogen-bond acceptors (Lipinski definition) is 6. The van der Waals surface area contributed by atoms with Crippen molar-refractivity contribution in [2.75, 3.05) is 32.9 Å². The predicted octanol–water partition coefficient (Wildman–Crippen LogP) is 4.93. The molecule has 3 N–H and O–H groups in total. The number of aliphatic hydroxyl groups excluding tert-OH is 1. The van der Waals surface area contributed by atoms with Gasteiger partial charge in [0, 0.05) is 42.3 Å². The lowest BCUT2D eigenvalue weighted by Crippen LogP contribution is -2.49. The molecule has 2 aliphatic rings. The van der Waals surface area contributed by atoms with E-state index in [-0.39, 0.29) is 30.7 Å². The zero-order chi connectivity index (χ0) is 25.2. The second-order valence-electron chi connectivity index (χ2n) is 9.42. The summed E-state index contributed by atoms with van der Waals surface area (Å²) in [6.07, 6.45) is -0.450. The minimum absolute atomic E-state index is 0.0135. The van der Waals surface area contributed by atoms with Gasteiger partial charge in [0.15, 0.2) is 0 Å². The van der Waals surface area contributed by atoms with E-state index in [4.69, 9.17) is 9.47 Å². The maximum atomic E-state index is 12.6. The second-order valence-corrected chi connectivity index (χ2v) is 9.42. The molecular weight excluding hydrogens is 461 g/mol. The molecule has 7 heteroatoms. The van der Waals surface area contributed by atoms with Gasteiger partial charge in [0.1, 0.15) is 35.7 Å². The third kappa shape index (κ3) is 4.76. The van der Waals surface area contributed by atoms with E-state index in [1.165, 1.54) is 0 Å². The highest BCUT2D eigenvalue weighted by Crippen LogP contribution is 2.48. The Morgan fingerprint density at radius 2 is 1.81 bits per heavy atom. The molecule has 0 radical (unpaired) electrons. The van der Waals surface area contributed by atoms with E-state index >= 15 is 0 Å². The fourth-order valence-corrected chi connectivity index (χ4v) is 4.90. The van der Waals surface area contributed by atoms with Crippen LogP contribution in [0.5, 0.6) is 23.0 Å². The summed E-state index contributed by atoms with van der Waals surface area (Å²) < 4.78 is 24.9. The molecule has 0 bridgehead atoms. The largest absolute Gasteiger partial charge is 0.508 e. The quantitative estimate of drug-likeness (QED) is 0.414. The summed E-state index contributed by atoms with van der Waals surface area (Å²) in [6, 6.07) is 18.0. The molecule has 1 unspecified atom stereocenters. The molecule has 1 saturated heterocycles. The number of nitrogens with zero attached hydrogens (tertiary/aromatic N) is 1. The van der Waals surface area contributed by atoms with Crippen molar-refractivity contribution in [3.05, 3.63) is 82.9 Å². The van der Waals surface area contributed by atoms with Gasteiger partial charge in [0.05, 0.1) is 13.3 Å². The first-order chi connectivity index (χ1) is 17.5. The zero-order valence-corrected chi connectivity index (χ0v) is 20.2. The summed E-state index contributed by atoms with van der Waals surface area (Å²) in [5, 5.41) is 29.9. The Labute approximate surface area is 209 Å². The van der Waals surface area contributed by atoms with Gasteiger partial charge < -0.3 is 24.8 Å². The van der Waals surface area contributed by atoms with Crippen LogP contribution in [0.4, 0.5) is 4.39 Å². The molecule has 3 aromatic rings. The third-order valence-corrected chi connectivity index (χ3v) is 6.95. The molecule has 0 aromatic heterocycles. The van der Waals surface area contributed by atoms with E-state index in [9.17, 15) is 19.7 Å². The number of halogens is 1. The van der Waals surface area contributed by atoms with Gasteiger partial charge in [-0.15, -0.1) is 0 Å². The number of hydrogen-bond donors (Lipinski definition) is 3. The highest BCUT2D eigenvalue weighted by molar-refractivity contribution is 5.96. The van der Waals surface area contributed by atoms with Gasteiger partial charge in [-0.1, -0.05) is 24.3 Å². The second kappa shape index (κ2) is 10.2. The number of alkyl halides is 1. The van der Waals surface area contributed by atoms with E-state index in [2.05, 4.69) is 4.90 Å². The molecule has 5 rings (SSSR count). The van der Waals surface area contributed by atoms with Gasteiger partial charge >= 0.3 is 0 Å². The average molecular weight is 492 g/mol. The van der Waals surface area contributed by atoms with Crippen molar-refractivity contribution in [1.29, 1.82) is 0 Å². The highest BCUT2D eigenvalue weighted by atomic mass is 19.1. The van der Waals surface area contributed by atoms with E-state index in [1.807, 2.05) is 37.3 Å². The monoisotopic (exact) mass is 491 g/mol. The number of benzene rings is 3. The molecule has 36 heavy (non-hydrogen) atoms. The van der Waals surface area contributed by atoms with Crippen molar-refractivity contribution in [3.63, 3.8) is 0 Å². The van der Waals surface area contributed by atoms with Gasteiger partial charge in [0.25, 0.3) is 0 Å². The SMILES string of the molecule is CC1=C(c2ccc(CO)c(O)c2)C(c2ccc(OCCN3CC(CF)C3)cc2)Oc2ccc(O)cc21. The summed E-state index contributed by atoms with van der Waals surface area (Å²) in [7, 11) is 0. The molecule has 0 spiro atoms. The van der Waals surface area contributed by atoms with E-state index < -0.39 is 6.10 Å². The van der Waals surface area contributed by atoms with Crippen LogP contribution < -0.4 is 9.47 Å². The van der Waals surface area contributed by atoms with Crippen LogP contribution in [0.15, 0.2) is 60.7 Å². The first-order valence-corrected chi connectivity index (χ1v) is 12.1. The first kappa shape index (κ1) is 24.2. The molecule has 0 aliphatic carbocycles. The van der Waals surface area contributed by atoms with Crippen LogP contribution in [0.3, 0.4) is 0 Å². The van der Waals surface area contributed by atoms with Crippen molar-refractivity contribution in [3.8, 4) is 23.0 Å². The number of aromatic hydroxyl groups is 2. The molecule has 1 atom stereocenters. The molecule has 0 amide bonds. The molecule has 2 heterocycles. The van der Waals surface area contributed by atoms with E-state index in [0.717, 1.165) is 53.2 Å². The van der Waals surface area contributed by atoms with Crippen LogP contribution in [0, 0.1) is 5.92 Å². The van der Waals surface area contributed by atoms with Crippen LogP contribution in [0.2, 0.25) is 0 Å². The highest BCUT2D eigenvalue weighted by Gasteiger charge is 2.30. The smallest absolute Gasteiger partial charge is 0.150 e. The van der Waals surface area contributed by atoms with Crippen molar-refractivity contribution < 1.29 is 29.2 Å². The number of phenols is 2. The Hall–Kier alpha value is -3.55. The lowest BCUT2D eigenvalue weighted by Gasteiger charge is -2.37. The first-order valence-electron chi connectivity index (χ1n) is 12.1. The van der Waals surface area contributed by atoms with Crippen LogP contribution in [0.1, 0.15) is 35.3 Å². The fourth-order valence-electron chi connectivity index (χ4n) is 4.90. The standard InChI is InChI=1S/C29H30FNO5/c1-18-25-13-23(33)6-9-27(25)36-29(28(18)21-2-3-22(17-32)26(34)12-21)20-4-7-24(8-5-20)35-11-10-31-15-19(14-30)16-31/h2-9,12-13,19,29,32-34H,10-11,14-17H2,1H3. The Kier molecular flexibility index (Phi) is 6.85. The minimum Gasteiger partial charge on any atom is -0.508 e. The van der Waals surface area contributed by atoms with E-state index in [0.29, 0.717) is 17.9 Å². The van der Waals surface area contributed by atoms with Gasteiger partial charge in [-0.05, 0) is 60.0 Å². The normalized spacial score (nSPS) is 17.9. The lowest BCUT2D eigenvalue weighted by molar-refractivity contribution is 0.0668. The van der Waals surface area contributed by atoms with Gasteiger partial charge in [-0.2, -0.15) is 0 Å². The van der Waals surface area contributed by atoms with Gasteiger partial charge in [0.2, 0.25) is 0 Å². The third-order valence-electron chi connectivity index (χ3n) is 6.95. The van der Waals surface area contributed by atoms with Crippen molar-refractivity contribution in [2.24, 2.45) is 5.92 Å². The Balaban J connectivity index is 1.40. The molecular formula is C29H30FNO5. The van der Waals surface area contributed by atoms with Crippen molar-refractivity contribution >= 4 is 11.1 Å². The Morgan fingerprint density at radius 3 is 2.50 bits per heavy atom. The van der Waals surface area contributed by atoms with E-state index in [1.54, 1.807) is 30.3 Å². The minimum atomic E-state index is -0.450. The lowest BCUT2D eigenvalue weighted by atomic mass is 9.85. The molecule has 188 valence electrons. The summed E-state index contributed by atoms with van der Waals surface area (Å²) in [4.78, 5) is 2.18. The Morgan fingerprint density at radius 1 is 1.03 bits per heavy atom. The van der Waals surface area contributed by atoms with Crippen molar-refractivity contribution in [1.82, 2.24) is 4.90 Å². The number of likely N-dealkylation sites (tertiary alicyclic amines) is 1. The van der Waals surface area contributed by atoms with Crippen LogP contribution in [0.25, 0.3) is 11.1 Å². The van der Waals surface area contributed by atoms with Crippen LogP contribution >= 0.6 is 0 Å². The number of ether oxygens (including phenoxy) is 2. The topological polar surface area (TPSA) is 82.4 Å². The number of fused-ring (bicyclic) bond motifs is 1. The molecule has 2 aliphatic heterocycles. The predicted molar refractivity (Wildman–Crippen MR) is 136 cm³/mol. The average Bonchev–Trinajstić information content (AvgIpc) is 2.86. The molecule has 0 saturated carbocycles. The summed E-state index contributed by atoms with van der Waals surface area (Å²) in [5.41, 5.74) is 4.70. The number of phenolic OH excluding ortho intramolecular Hbond substituents is 1. The number of allylic oxidation sites excluding steroid dienone is 1. The summed E-state index contributed by atoms with van der Waals surface area (Å²) in [6.45, 7) is 4.36. The summed E-state index contributed by atoms with van der Waals surface area (Å²) >= 11 is 0. The zero-order valence-electron chi connectivity index (χ0n) is 20.2. The maximum Gasteiger partial charge on any atom is 0.150 e. The number of aliphatic hydroxyl groups is 1. The molecule has 1 fully saturated rings. The van der Waals surface area contributed by atoms with Gasteiger partial charge in [-0.25, -0.2) is 0 Å². The Bertz CT molecular complexity index is 1270.